The molecule has 5 rings (SSSR count). The molecule has 2 aliphatic heterocycles. The molecule has 1 saturated heterocycles. The summed E-state index contributed by atoms with van der Waals surface area (Å²) in [6.07, 6.45) is 3.51. The number of rotatable bonds is 7. The number of fused-ring (bicyclic) bond motifs is 2. The first kappa shape index (κ1) is 21.7. The first-order valence-electron chi connectivity index (χ1n) is 11.2. The number of carbonyl (C=O) groups excluding carboxylic acids is 1. The predicted octanol–water partition coefficient (Wildman–Crippen LogP) is 3.05. The summed E-state index contributed by atoms with van der Waals surface area (Å²) >= 11 is 5.43. The van der Waals surface area contributed by atoms with Crippen molar-refractivity contribution in [3.8, 4) is 11.5 Å². The summed E-state index contributed by atoms with van der Waals surface area (Å²) in [5, 5.41) is 3.47. The van der Waals surface area contributed by atoms with Crippen molar-refractivity contribution in [2.75, 3.05) is 33.0 Å². The minimum absolute atomic E-state index is 0.0841. The third-order valence-electron chi connectivity index (χ3n) is 6.17. The SMILES string of the molecule is O=C(NCCCN1CCCC1)c1ccc(Cn2c(=S)[nH]c3cc4c(cc3c2=O)OCO4)cc1. The van der Waals surface area contributed by atoms with Crippen molar-refractivity contribution in [2.45, 2.75) is 25.8 Å². The number of nitrogens with one attached hydrogen (secondary N) is 2. The Hall–Kier alpha value is -3.17. The number of ether oxygens (including phenoxy) is 2. The molecule has 0 radical (unpaired) electrons. The van der Waals surface area contributed by atoms with Gasteiger partial charge in [0.25, 0.3) is 11.5 Å². The Morgan fingerprint density at radius 1 is 1.09 bits per heavy atom. The molecule has 0 spiro atoms. The van der Waals surface area contributed by atoms with Crippen LogP contribution in [0.1, 0.15) is 35.2 Å². The van der Waals surface area contributed by atoms with Crippen LogP contribution in [0.4, 0.5) is 0 Å². The van der Waals surface area contributed by atoms with E-state index in [9.17, 15) is 9.59 Å². The third kappa shape index (κ3) is 4.65. The van der Waals surface area contributed by atoms with E-state index in [4.69, 9.17) is 21.7 Å². The Morgan fingerprint density at radius 2 is 1.82 bits per heavy atom. The molecular formula is C24H26N4O4S. The van der Waals surface area contributed by atoms with Gasteiger partial charge in [0.15, 0.2) is 16.3 Å². The third-order valence-corrected chi connectivity index (χ3v) is 6.49. The maximum absolute atomic E-state index is 13.1. The number of amides is 1. The zero-order valence-electron chi connectivity index (χ0n) is 18.3. The average molecular weight is 467 g/mol. The molecule has 8 nitrogen and oxygen atoms in total. The van der Waals surface area contributed by atoms with Gasteiger partial charge < -0.3 is 24.7 Å². The highest BCUT2D eigenvalue weighted by Gasteiger charge is 2.17. The minimum atomic E-state index is -0.202. The van der Waals surface area contributed by atoms with Gasteiger partial charge in [0.2, 0.25) is 6.79 Å². The second kappa shape index (κ2) is 9.36. The van der Waals surface area contributed by atoms with E-state index in [0.717, 1.165) is 18.5 Å². The van der Waals surface area contributed by atoms with E-state index in [1.165, 1.54) is 30.5 Å². The molecular weight excluding hydrogens is 440 g/mol. The van der Waals surface area contributed by atoms with Crippen LogP contribution in [0.25, 0.3) is 10.9 Å². The molecule has 2 N–H and O–H groups in total. The van der Waals surface area contributed by atoms with Gasteiger partial charge in [0, 0.05) is 18.2 Å². The van der Waals surface area contributed by atoms with Gasteiger partial charge in [-0.2, -0.15) is 0 Å². The number of nitrogens with zero attached hydrogens (tertiary/aromatic N) is 2. The molecule has 0 aliphatic carbocycles. The van der Waals surface area contributed by atoms with E-state index in [-0.39, 0.29) is 18.3 Å². The fraction of sp³-hybridized carbons (Fsp3) is 0.375. The standard InChI is InChI=1S/C24H26N4O4S/c29-22(25-8-3-11-27-9-1-2-10-27)17-6-4-16(5-7-17)14-28-23(30)18-12-20-21(32-15-31-20)13-19(18)26-24(28)33/h4-7,12-13H,1-3,8-11,14-15H2,(H,25,29)(H,26,33). The summed E-state index contributed by atoms with van der Waals surface area (Å²) in [6.45, 7) is 4.47. The van der Waals surface area contributed by atoms with Gasteiger partial charge >= 0.3 is 0 Å². The maximum Gasteiger partial charge on any atom is 0.262 e. The summed E-state index contributed by atoms with van der Waals surface area (Å²) in [6, 6.07) is 10.7. The summed E-state index contributed by atoms with van der Waals surface area (Å²) in [7, 11) is 0. The summed E-state index contributed by atoms with van der Waals surface area (Å²) in [5.74, 6) is 1.06. The number of hydrogen-bond donors (Lipinski definition) is 2. The minimum Gasteiger partial charge on any atom is -0.454 e. The normalized spacial score (nSPS) is 15.3. The second-order valence-electron chi connectivity index (χ2n) is 8.43. The van der Waals surface area contributed by atoms with Crippen LogP contribution in [-0.2, 0) is 6.54 Å². The Kier molecular flexibility index (Phi) is 6.15. The molecule has 1 aromatic heterocycles. The maximum atomic E-state index is 13.1. The molecule has 0 saturated carbocycles. The van der Waals surface area contributed by atoms with Crippen molar-refractivity contribution in [2.24, 2.45) is 0 Å². The van der Waals surface area contributed by atoms with E-state index < -0.39 is 0 Å². The van der Waals surface area contributed by atoms with Crippen molar-refractivity contribution in [3.05, 3.63) is 62.6 Å². The average Bonchev–Trinajstić information content (AvgIpc) is 3.50. The van der Waals surface area contributed by atoms with Crippen LogP contribution in [0, 0.1) is 4.77 Å². The van der Waals surface area contributed by atoms with Gasteiger partial charge in [0.05, 0.1) is 17.4 Å². The quantitative estimate of drug-likeness (QED) is 0.411. The lowest BCUT2D eigenvalue weighted by molar-refractivity contribution is 0.0952. The Balaban J connectivity index is 1.25. The molecule has 2 aliphatic rings. The highest BCUT2D eigenvalue weighted by Crippen LogP contribution is 2.34. The predicted molar refractivity (Wildman–Crippen MR) is 128 cm³/mol. The largest absolute Gasteiger partial charge is 0.454 e. The smallest absolute Gasteiger partial charge is 0.262 e. The molecule has 2 aromatic carbocycles. The van der Waals surface area contributed by atoms with Crippen molar-refractivity contribution in [3.63, 3.8) is 0 Å². The molecule has 0 unspecified atom stereocenters. The van der Waals surface area contributed by atoms with Crippen molar-refractivity contribution < 1.29 is 14.3 Å². The zero-order chi connectivity index (χ0) is 22.8. The lowest BCUT2D eigenvalue weighted by atomic mass is 10.1. The van der Waals surface area contributed by atoms with E-state index in [0.29, 0.717) is 45.8 Å². The van der Waals surface area contributed by atoms with Gasteiger partial charge in [-0.1, -0.05) is 12.1 Å². The summed E-state index contributed by atoms with van der Waals surface area (Å²) < 4.78 is 12.6. The highest BCUT2D eigenvalue weighted by molar-refractivity contribution is 7.71. The fourth-order valence-electron chi connectivity index (χ4n) is 4.34. The van der Waals surface area contributed by atoms with Gasteiger partial charge in [-0.25, -0.2) is 0 Å². The van der Waals surface area contributed by atoms with Crippen LogP contribution in [0.2, 0.25) is 0 Å². The van der Waals surface area contributed by atoms with Crippen LogP contribution in [0.5, 0.6) is 11.5 Å². The first-order valence-corrected chi connectivity index (χ1v) is 11.7. The van der Waals surface area contributed by atoms with Crippen LogP contribution in [0.3, 0.4) is 0 Å². The molecule has 33 heavy (non-hydrogen) atoms. The number of hydrogen-bond acceptors (Lipinski definition) is 6. The molecule has 1 amide bonds. The molecule has 9 heteroatoms. The van der Waals surface area contributed by atoms with Crippen LogP contribution in [-0.4, -0.2) is 53.3 Å². The fourth-order valence-corrected chi connectivity index (χ4v) is 4.60. The number of H-pyrrole nitrogens is 1. The Morgan fingerprint density at radius 3 is 2.58 bits per heavy atom. The Bertz CT molecular complexity index is 1290. The van der Waals surface area contributed by atoms with E-state index in [1.54, 1.807) is 24.3 Å². The number of carbonyl (C=O) groups is 1. The van der Waals surface area contributed by atoms with E-state index >= 15 is 0 Å². The molecule has 0 bridgehead atoms. The number of likely N-dealkylation sites (tertiary alicyclic amines) is 1. The van der Waals surface area contributed by atoms with Gasteiger partial charge in [-0.05, 0) is 74.9 Å². The molecule has 3 heterocycles. The molecule has 1 fully saturated rings. The van der Waals surface area contributed by atoms with Gasteiger partial charge in [-0.15, -0.1) is 0 Å². The van der Waals surface area contributed by atoms with E-state index in [1.807, 2.05) is 12.1 Å². The first-order chi connectivity index (χ1) is 16.1. The van der Waals surface area contributed by atoms with Crippen LogP contribution >= 0.6 is 12.2 Å². The zero-order valence-corrected chi connectivity index (χ0v) is 19.1. The van der Waals surface area contributed by atoms with Gasteiger partial charge in [0.1, 0.15) is 0 Å². The highest BCUT2D eigenvalue weighted by atomic mass is 32.1. The number of aromatic nitrogens is 2. The summed E-state index contributed by atoms with van der Waals surface area (Å²) in [5.41, 5.74) is 1.89. The molecule has 3 aromatic rings. The lowest BCUT2D eigenvalue weighted by Gasteiger charge is -2.14. The number of benzene rings is 2. The lowest BCUT2D eigenvalue weighted by Crippen LogP contribution is -2.28. The van der Waals surface area contributed by atoms with Crippen molar-refractivity contribution in [1.29, 1.82) is 0 Å². The monoisotopic (exact) mass is 466 g/mol. The molecule has 172 valence electrons. The van der Waals surface area contributed by atoms with E-state index in [2.05, 4.69) is 15.2 Å². The van der Waals surface area contributed by atoms with Crippen LogP contribution in [0.15, 0.2) is 41.2 Å². The van der Waals surface area contributed by atoms with Crippen molar-refractivity contribution >= 4 is 29.0 Å². The summed E-state index contributed by atoms with van der Waals surface area (Å²) in [4.78, 5) is 31.1. The molecule has 0 atom stereocenters. The van der Waals surface area contributed by atoms with Gasteiger partial charge in [-0.3, -0.25) is 14.2 Å². The second-order valence-corrected chi connectivity index (χ2v) is 8.81. The van der Waals surface area contributed by atoms with Crippen molar-refractivity contribution in [1.82, 2.24) is 19.8 Å². The number of aromatic amines is 1. The topological polar surface area (TPSA) is 88.6 Å². The Labute approximate surface area is 196 Å². The van der Waals surface area contributed by atoms with Crippen LogP contribution < -0.4 is 20.3 Å².